The van der Waals surface area contributed by atoms with Gasteiger partial charge in [-0.15, -0.1) is 0 Å². The van der Waals surface area contributed by atoms with E-state index < -0.39 is 6.10 Å². The Balaban J connectivity index is 1.34. The zero-order valence-corrected chi connectivity index (χ0v) is 18.6. The standard InChI is InChI=1S/C25H23FN6O2/c1-31-5-4-16-9-24(30-32(16)13-25(31)34)29-23-8-14-6-18(21(26)7-15(14)10-28-23)19-11-27-12-20-17(19)2-3-22(20)33/h6-12,22,33H,2-5,13H2,1H3,(H,28,29,30). The number of hydrogen-bond acceptors (Lipinski definition) is 6. The molecule has 0 saturated heterocycles. The fraction of sp³-hybridized carbons (Fsp3) is 0.280. The number of fused-ring (bicyclic) bond motifs is 3. The summed E-state index contributed by atoms with van der Waals surface area (Å²) in [5.74, 6) is 0.870. The first kappa shape index (κ1) is 20.7. The van der Waals surface area contributed by atoms with Crippen LogP contribution in [-0.4, -0.2) is 49.3 Å². The Morgan fingerprint density at radius 3 is 2.82 bits per heavy atom. The Morgan fingerprint density at radius 1 is 1.06 bits per heavy atom. The number of rotatable bonds is 3. The third kappa shape index (κ3) is 3.49. The summed E-state index contributed by atoms with van der Waals surface area (Å²) >= 11 is 0. The van der Waals surface area contributed by atoms with Crippen LogP contribution in [-0.2, 0) is 24.2 Å². The summed E-state index contributed by atoms with van der Waals surface area (Å²) < 4.78 is 16.8. The Hall–Kier alpha value is -3.85. The summed E-state index contributed by atoms with van der Waals surface area (Å²) in [5.41, 5.74) is 3.89. The molecule has 1 aliphatic carbocycles. The van der Waals surface area contributed by atoms with E-state index in [-0.39, 0.29) is 18.3 Å². The Morgan fingerprint density at radius 2 is 1.94 bits per heavy atom. The molecule has 8 nitrogen and oxygen atoms in total. The molecule has 0 fully saturated rings. The van der Waals surface area contributed by atoms with Crippen molar-refractivity contribution in [2.45, 2.75) is 31.9 Å². The number of carbonyl (C=O) groups excluding carboxylic acids is 1. The number of aromatic nitrogens is 4. The number of nitrogens with one attached hydrogen (secondary N) is 1. The average Bonchev–Trinajstić information content (AvgIpc) is 3.36. The molecule has 0 saturated carbocycles. The molecule has 1 atom stereocenters. The highest BCUT2D eigenvalue weighted by Crippen LogP contribution is 2.38. The van der Waals surface area contributed by atoms with E-state index in [4.69, 9.17) is 0 Å². The molecule has 1 aliphatic heterocycles. The van der Waals surface area contributed by atoms with E-state index in [9.17, 15) is 9.90 Å². The van der Waals surface area contributed by atoms with Gasteiger partial charge in [0.2, 0.25) is 5.91 Å². The average molecular weight is 458 g/mol. The minimum absolute atomic E-state index is 0.0289. The van der Waals surface area contributed by atoms with Crippen LogP contribution in [0.5, 0.6) is 0 Å². The van der Waals surface area contributed by atoms with Gasteiger partial charge in [-0.1, -0.05) is 0 Å². The molecule has 34 heavy (non-hydrogen) atoms. The van der Waals surface area contributed by atoms with E-state index in [0.717, 1.165) is 28.6 Å². The van der Waals surface area contributed by atoms with Crippen molar-refractivity contribution in [3.8, 4) is 11.1 Å². The van der Waals surface area contributed by atoms with Crippen molar-refractivity contribution >= 4 is 28.3 Å². The van der Waals surface area contributed by atoms with Crippen LogP contribution in [0.1, 0.15) is 29.3 Å². The zero-order valence-electron chi connectivity index (χ0n) is 18.6. The van der Waals surface area contributed by atoms with Gasteiger partial charge in [0.05, 0.1) is 6.10 Å². The van der Waals surface area contributed by atoms with E-state index in [2.05, 4.69) is 20.4 Å². The van der Waals surface area contributed by atoms with Gasteiger partial charge < -0.3 is 15.3 Å². The Labute approximate surface area is 195 Å². The zero-order chi connectivity index (χ0) is 23.4. The number of halogens is 1. The fourth-order valence-corrected chi connectivity index (χ4v) is 4.82. The predicted octanol–water partition coefficient (Wildman–Crippen LogP) is 3.37. The van der Waals surface area contributed by atoms with Crippen molar-refractivity contribution in [1.82, 2.24) is 24.6 Å². The molecule has 0 radical (unpaired) electrons. The van der Waals surface area contributed by atoms with Crippen LogP contribution in [0.25, 0.3) is 21.9 Å². The minimum Gasteiger partial charge on any atom is -0.388 e. The van der Waals surface area contributed by atoms with Crippen LogP contribution < -0.4 is 5.32 Å². The van der Waals surface area contributed by atoms with Gasteiger partial charge >= 0.3 is 0 Å². The number of amides is 1. The molecular formula is C25H23FN6O2. The molecule has 6 rings (SSSR count). The molecule has 0 spiro atoms. The first-order chi connectivity index (χ1) is 16.5. The predicted molar refractivity (Wildman–Crippen MR) is 125 cm³/mol. The third-order valence-corrected chi connectivity index (χ3v) is 6.75. The molecule has 0 bridgehead atoms. The molecule has 9 heteroatoms. The second-order valence-corrected chi connectivity index (χ2v) is 8.93. The molecule has 1 unspecified atom stereocenters. The molecule has 4 heterocycles. The van der Waals surface area contributed by atoms with Crippen molar-refractivity contribution in [3.63, 3.8) is 0 Å². The number of pyridine rings is 2. The van der Waals surface area contributed by atoms with Crippen LogP contribution in [0.4, 0.5) is 16.0 Å². The topological polar surface area (TPSA) is 96.2 Å². The smallest absolute Gasteiger partial charge is 0.244 e. The van der Waals surface area contributed by atoms with E-state index in [1.807, 2.05) is 12.1 Å². The highest BCUT2D eigenvalue weighted by atomic mass is 19.1. The van der Waals surface area contributed by atoms with Gasteiger partial charge in [-0.2, -0.15) is 5.10 Å². The lowest BCUT2D eigenvalue weighted by atomic mass is 9.97. The summed E-state index contributed by atoms with van der Waals surface area (Å²) in [6.45, 7) is 0.868. The van der Waals surface area contributed by atoms with Crippen molar-refractivity contribution in [2.75, 3.05) is 18.9 Å². The summed E-state index contributed by atoms with van der Waals surface area (Å²) in [7, 11) is 1.80. The third-order valence-electron chi connectivity index (χ3n) is 6.75. The van der Waals surface area contributed by atoms with E-state index in [1.54, 1.807) is 41.3 Å². The molecule has 2 aliphatic rings. The van der Waals surface area contributed by atoms with Gasteiger partial charge in [0.1, 0.15) is 18.2 Å². The van der Waals surface area contributed by atoms with Crippen molar-refractivity contribution in [2.24, 2.45) is 0 Å². The second-order valence-electron chi connectivity index (χ2n) is 8.93. The highest BCUT2D eigenvalue weighted by molar-refractivity contribution is 5.89. The molecular weight excluding hydrogens is 435 g/mol. The lowest BCUT2D eigenvalue weighted by Gasteiger charge is -2.12. The lowest BCUT2D eigenvalue weighted by Crippen LogP contribution is -2.29. The van der Waals surface area contributed by atoms with Crippen molar-refractivity contribution in [3.05, 3.63) is 65.5 Å². The van der Waals surface area contributed by atoms with Crippen molar-refractivity contribution in [1.29, 1.82) is 0 Å². The number of carbonyl (C=O) groups is 1. The number of aliphatic hydroxyl groups is 1. The number of benzene rings is 1. The molecule has 172 valence electrons. The van der Waals surface area contributed by atoms with Crippen LogP contribution in [0.3, 0.4) is 0 Å². The van der Waals surface area contributed by atoms with Crippen LogP contribution in [0.2, 0.25) is 0 Å². The summed E-state index contributed by atoms with van der Waals surface area (Å²) in [6, 6.07) is 7.06. The monoisotopic (exact) mass is 458 g/mol. The van der Waals surface area contributed by atoms with Gasteiger partial charge in [0.15, 0.2) is 5.82 Å². The molecule has 4 aromatic rings. The summed E-state index contributed by atoms with van der Waals surface area (Å²) in [4.78, 5) is 22.5. The Kier molecular flexibility index (Phi) is 4.80. The lowest BCUT2D eigenvalue weighted by molar-refractivity contribution is -0.130. The van der Waals surface area contributed by atoms with E-state index in [1.165, 1.54) is 6.07 Å². The highest BCUT2D eigenvalue weighted by Gasteiger charge is 2.25. The van der Waals surface area contributed by atoms with Gasteiger partial charge in [-0.05, 0) is 42.0 Å². The van der Waals surface area contributed by atoms with Gasteiger partial charge in [0, 0.05) is 72.4 Å². The van der Waals surface area contributed by atoms with Gasteiger partial charge in [-0.25, -0.2) is 9.37 Å². The molecule has 1 amide bonds. The van der Waals surface area contributed by atoms with Gasteiger partial charge in [0.25, 0.3) is 0 Å². The minimum atomic E-state index is -0.549. The fourth-order valence-electron chi connectivity index (χ4n) is 4.82. The van der Waals surface area contributed by atoms with Crippen LogP contribution in [0.15, 0.2) is 42.9 Å². The number of anilines is 2. The first-order valence-electron chi connectivity index (χ1n) is 11.3. The van der Waals surface area contributed by atoms with E-state index in [0.29, 0.717) is 47.5 Å². The number of aliphatic hydroxyl groups excluding tert-OH is 1. The molecule has 2 N–H and O–H groups in total. The van der Waals surface area contributed by atoms with Gasteiger partial charge in [-0.3, -0.25) is 14.5 Å². The molecule has 3 aromatic heterocycles. The normalized spacial score (nSPS) is 17.6. The first-order valence-corrected chi connectivity index (χ1v) is 11.3. The second kappa shape index (κ2) is 7.88. The van der Waals surface area contributed by atoms with Crippen molar-refractivity contribution < 1.29 is 14.3 Å². The van der Waals surface area contributed by atoms with E-state index >= 15 is 4.39 Å². The number of hydrogen-bond donors (Lipinski definition) is 2. The SMILES string of the molecule is CN1CCc2cc(Nc3cc4cc(-c5cncc6c5CCC6O)c(F)cc4cn3)nn2CC1=O. The van der Waals surface area contributed by atoms with Crippen LogP contribution in [0, 0.1) is 5.82 Å². The largest absolute Gasteiger partial charge is 0.388 e. The number of likely N-dealkylation sites (N-methyl/N-ethyl adjacent to an activating group) is 1. The maximum absolute atomic E-state index is 15.1. The Bertz CT molecular complexity index is 1450. The summed E-state index contributed by atoms with van der Waals surface area (Å²) in [6.07, 6.45) is 6.45. The quantitative estimate of drug-likeness (QED) is 0.489. The summed E-state index contributed by atoms with van der Waals surface area (Å²) in [5, 5.41) is 19.4. The maximum Gasteiger partial charge on any atom is 0.244 e. The van der Waals surface area contributed by atoms with Crippen LogP contribution >= 0.6 is 0 Å². The molecule has 1 aromatic carbocycles. The maximum atomic E-state index is 15.1. The number of nitrogens with zero attached hydrogens (tertiary/aromatic N) is 5.